The van der Waals surface area contributed by atoms with Crippen LogP contribution in [-0.4, -0.2) is 27.1 Å². The van der Waals surface area contributed by atoms with Gasteiger partial charge in [-0.1, -0.05) is 24.3 Å². The second-order valence-electron chi connectivity index (χ2n) is 10.6. The zero-order valence-corrected chi connectivity index (χ0v) is 22.6. The number of aromatic nitrogens is 3. The highest BCUT2D eigenvalue weighted by atomic mass is 19.4. The van der Waals surface area contributed by atoms with Crippen LogP contribution in [0.5, 0.6) is 0 Å². The molecule has 5 rings (SSSR count). The second kappa shape index (κ2) is 10.5. The van der Waals surface area contributed by atoms with Crippen LogP contribution in [-0.2, 0) is 28.9 Å². The van der Waals surface area contributed by atoms with Gasteiger partial charge >= 0.3 is 6.18 Å². The fourth-order valence-corrected chi connectivity index (χ4v) is 4.53. The Morgan fingerprint density at radius 3 is 2.42 bits per heavy atom. The number of nitrogens with zero attached hydrogens (tertiary/aromatic N) is 5. The SMILES string of the molecule is CC(C)(C#N)c1nnc(-c2cc3c(cc2F)C(F)(F)C[C@H](N)C(=O)N3Cc2ccc(-c3ccc(C(F)(F)F)cn3)cc2)o1. The van der Waals surface area contributed by atoms with Crippen LogP contribution < -0.4 is 10.6 Å². The van der Waals surface area contributed by atoms with Gasteiger partial charge in [0.05, 0.1) is 41.2 Å². The number of nitriles is 1. The standard InChI is InChI=1S/C29H22F6N6O2/c1-27(2,14-36)26-40-39-24(43-26)18-9-23-19(10-20(18)30)28(31,32)11-21(37)25(42)41(23)13-15-3-5-16(6-4-15)22-8-7-17(12-38-22)29(33,34)35/h3-10,12,21H,11,13,37H2,1-2H3/t21-/m0/s1. The van der Waals surface area contributed by atoms with Crippen molar-refractivity contribution in [1.82, 2.24) is 15.2 Å². The van der Waals surface area contributed by atoms with E-state index in [2.05, 4.69) is 15.2 Å². The summed E-state index contributed by atoms with van der Waals surface area (Å²) in [6, 6.07) is 10.3. The molecule has 1 aliphatic rings. The molecule has 0 aliphatic carbocycles. The molecule has 0 spiro atoms. The van der Waals surface area contributed by atoms with E-state index < -0.39 is 52.8 Å². The summed E-state index contributed by atoms with van der Waals surface area (Å²) in [5.41, 5.74) is 3.47. The number of carbonyl (C=O) groups is 1. The Hall–Kier alpha value is -4.77. The van der Waals surface area contributed by atoms with Crippen molar-refractivity contribution in [3.05, 3.63) is 83.1 Å². The van der Waals surface area contributed by atoms with Crippen molar-refractivity contribution in [2.24, 2.45) is 5.73 Å². The van der Waals surface area contributed by atoms with Crippen molar-refractivity contribution in [2.45, 2.75) is 50.4 Å². The maximum Gasteiger partial charge on any atom is 0.417 e. The maximum atomic E-state index is 15.3. The molecule has 14 heteroatoms. The summed E-state index contributed by atoms with van der Waals surface area (Å²) in [6.45, 7) is 2.75. The van der Waals surface area contributed by atoms with E-state index in [0.29, 0.717) is 23.4 Å². The fourth-order valence-electron chi connectivity index (χ4n) is 4.53. The molecule has 0 unspecified atom stereocenters. The van der Waals surface area contributed by atoms with E-state index in [0.717, 1.165) is 17.0 Å². The van der Waals surface area contributed by atoms with E-state index in [-0.39, 0.29) is 35.3 Å². The Balaban J connectivity index is 1.52. The highest BCUT2D eigenvalue weighted by Gasteiger charge is 2.45. The van der Waals surface area contributed by atoms with E-state index >= 15 is 13.2 Å². The minimum absolute atomic E-state index is 0.123. The summed E-state index contributed by atoms with van der Waals surface area (Å²) >= 11 is 0. The third-order valence-electron chi connectivity index (χ3n) is 6.98. The summed E-state index contributed by atoms with van der Waals surface area (Å²) in [7, 11) is 0. The quantitative estimate of drug-likeness (QED) is 0.274. The number of pyridine rings is 1. The minimum atomic E-state index is -4.54. The zero-order valence-electron chi connectivity index (χ0n) is 22.6. The first-order valence-electron chi connectivity index (χ1n) is 12.8. The Morgan fingerprint density at radius 2 is 1.81 bits per heavy atom. The largest absolute Gasteiger partial charge is 0.419 e. The number of hydrogen-bond donors (Lipinski definition) is 1. The van der Waals surface area contributed by atoms with Crippen LogP contribution in [0.2, 0.25) is 0 Å². The van der Waals surface area contributed by atoms with Crippen LogP contribution in [0.1, 0.15) is 42.8 Å². The topological polar surface area (TPSA) is 122 Å². The zero-order chi connectivity index (χ0) is 31.3. The molecule has 2 aromatic carbocycles. The molecule has 0 saturated heterocycles. The van der Waals surface area contributed by atoms with Gasteiger partial charge in [-0.05, 0) is 43.7 Å². The van der Waals surface area contributed by atoms with Crippen molar-refractivity contribution in [3.63, 3.8) is 0 Å². The molecule has 0 radical (unpaired) electrons. The first kappa shape index (κ1) is 29.7. The molecule has 3 heterocycles. The first-order valence-corrected chi connectivity index (χ1v) is 12.8. The number of halogens is 6. The smallest absolute Gasteiger partial charge is 0.417 e. The number of carbonyl (C=O) groups excluding carboxylic acids is 1. The lowest BCUT2D eigenvalue weighted by Crippen LogP contribution is -2.43. The molecule has 1 aliphatic heterocycles. The van der Waals surface area contributed by atoms with Crippen molar-refractivity contribution >= 4 is 11.6 Å². The van der Waals surface area contributed by atoms with E-state index in [1.165, 1.54) is 19.9 Å². The van der Waals surface area contributed by atoms with Crippen molar-refractivity contribution in [3.8, 4) is 28.8 Å². The van der Waals surface area contributed by atoms with Gasteiger partial charge in [-0.2, -0.15) is 18.4 Å². The number of alkyl halides is 5. The number of fused-ring (bicyclic) bond motifs is 1. The van der Waals surface area contributed by atoms with Crippen LogP contribution in [0.15, 0.2) is 59.1 Å². The molecule has 4 aromatic rings. The monoisotopic (exact) mass is 600 g/mol. The first-order chi connectivity index (χ1) is 20.1. The Bertz CT molecular complexity index is 1730. The molecule has 2 N–H and O–H groups in total. The summed E-state index contributed by atoms with van der Waals surface area (Å²) in [4.78, 5) is 18.2. The number of amides is 1. The molecule has 2 aromatic heterocycles. The molecule has 0 bridgehead atoms. The highest BCUT2D eigenvalue weighted by molar-refractivity contribution is 5.99. The molecule has 1 amide bonds. The van der Waals surface area contributed by atoms with Gasteiger partial charge in [0.2, 0.25) is 11.8 Å². The number of nitrogens with two attached hydrogens (primary N) is 1. The third-order valence-corrected chi connectivity index (χ3v) is 6.98. The summed E-state index contributed by atoms with van der Waals surface area (Å²) in [5, 5.41) is 16.9. The molecule has 0 saturated carbocycles. The van der Waals surface area contributed by atoms with Gasteiger partial charge in [0.25, 0.3) is 11.8 Å². The second-order valence-corrected chi connectivity index (χ2v) is 10.6. The van der Waals surface area contributed by atoms with E-state index in [1.54, 1.807) is 24.3 Å². The lowest BCUT2D eigenvalue weighted by atomic mass is 9.96. The average molecular weight is 601 g/mol. The van der Waals surface area contributed by atoms with Crippen LogP contribution >= 0.6 is 0 Å². The van der Waals surface area contributed by atoms with Crippen molar-refractivity contribution in [2.75, 3.05) is 4.90 Å². The average Bonchev–Trinajstić information content (AvgIpc) is 3.44. The van der Waals surface area contributed by atoms with Crippen LogP contribution in [0, 0.1) is 17.1 Å². The molecule has 8 nitrogen and oxygen atoms in total. The van der Waals surface area contributed by atoms with Gasteiger partial charge in [-0.15, -0.1) is 10.2 Å². The van der Waals surface area contributed by atoms with Gasteiger partial charge in [0.15, 0.2) is 0 Å². The van der Waals surface area contributed by atoms with Gasteiger partial charge in [-0.3, -0.25) is 9.78 Å². The number of rotatable bonds is 5. The van der Waals surface area contributed by atoms with Crippen LogP contribution in [0.3, 0.4) is 0 Å². The molecular formula is C29H22F6N6O2. The number of anilines is 1. The lowest BCUT2D eigenvalue weighted by Gasteiger charge is -2.25. The Morgan fingerprint density at radius 1 is 1.12 bits per heavy atom. The molecule has 222 valence electrons. The van der Waals surface area contributed by atoms with Crippen LogP contribution in [0.25, 0.3) is 22.7 Å². The Labute approximate surface area is 240 Å². The van der Waals surface area contributed by atoms with E-state index in [1.807, 2.05) is 6.07 Å². The van der Waals surface area contributed by atoms with Gasteiger partial charge in [0.1, 0.15) is 11.2 Å². The molecular weight excluding hydrogens is 578 g/mol. The van der Waals surface area contributed by atoms with Crippen molar-refractivity contribution in [1.29, 1.82) is 5.26 Å². The van der Waals surface area contributed by atoms with Gasteiger partial charge in [0, 0.05) is 23.7 Å². The Kier molecular flexibility index (Phi) is 7.25. The summed E-state index contributed by atoms with van der Waals surface area (Å²) < 4.78 is 89.9. The maximum absolute atomic E-state index is 15.3. The van der Waals surface area contributed by atoms with Crippen molar-refractivity contribution < 1.29 is 35.6 Å². The fraction of sp³-hybridized carbons (Fsp3) is 0.276. The number of hydrogen-bond acceptors (Lipinski definition) is 7. The minimum Gasteiger partial charge on any atom is -0.419 e. The normalized spacial score (nSPS) is 16.9. The summed E-state index contributed by atoms with van der Waals surface area (Å²) in [6.07, 6.45) is -4.89. The molecule has 1 atom stereocenters. The predicted octanol–water partition coefficient (Wildman–Crippen LogP) is 6.11. The van der Waals surface area contributed by atoms with E-state index in [4.69, 9.17) is 10.2 Å². The predicted molar refractivity (Wildman–Crippen MR) is 141 cm³/mol. The lowest BCUT2D eigenvalue weighted by molar-refractivity contribution is -0.137. The van der Waals surface area contributed by atoms with Crippen LogP contribution in [0.4, 0.5) is 32.0 Å². The van der Waals surface area contributed by atoms with Gasteiger partial charge in [-0.25, -0.2) is 13.2 Å². The van der Waals surface area contributed by atoms with Gasteiger partial charge < -0.3 is 15.1 Å². The molecule has 43 heavy (non-hydrogen) atoms. The highest BCUT2D eigenvalue weighted by Crippen LogP contribution is 2.45. The molecule has 0 fully saturated rings. The van der Waals surface area contributed by atoms with E-state index in [9.17, 15) is 23.2 Å². The third kappa shape index (κ3) is 5.68. The summed E-state index contributed by atoms with van der Waals surface area (Å²) in [5.74, 6) is -6.13. The number of benzene rings is 2.